The number of rotatable bonds is 3. The Kier molecular flexibility index (Phi) is 3.19. The second kappa shape index (κ2) is 4.63. The monoisotopic (exact) mass is 236 g/mol. The molecule has 0 radical (unpaired) electrons. The van der Waals surface area contributed by atoms with E-state index in [-0.39, 0.29) is 30.1 Å². The average Bonchev–Trinajstić information content (AvgIpc) is 2.58. The summed E-state index contributed by atoms with van der Waals surface area (Å²) in [4.78, 5) is 22.4. The van der Waals surface area contributed by atoms with Crippen LogP contribution in [0.15, 0.2) is 24.3 Å². The molecule has 4 nitrogen and oxygen atoms in total. The zero-order valence-electron chi connectivity index (χ0n) is 9.37. The van der Waals surface area contributed by atoms with E-state index in [0.29, 0.717) is 0 Å². The number of hydrogen-bond donors (Lipinski definition) is 2. The minimum absolute atomic E-state index is 0.114. The lowest BCUT2D eigenvalue weighted by Crippen LogP contribution is -2.37. The van der Waals surface area contributed by atoms with E-state index in [1.165, 1.54) is 12.1 Å². The van der Waals surface area contributed by atoms with Crippen molar-refractivity contribution in [3.8, 4) is 0 Å². The Hall–Kier alpha value is -1.75. The van der Waals surface area contributed by atoms with E-state index in [1.807, 2.05) is 6.92 Å². The first-order valence-corrected chi connectivity index (χ1v) is 5.41. The predicted octanol–water partition coefficient (Wildman–Crippen LogP) is 0.891. The maximum Gasteiger partial charge on any atom is 0.244 e. The molecule has 1 aliphatic rings. The molecule has 0 aliphatic carbocycles. The summed E-state index contributed by atoms with van der Waals surface area (Å²) in [6, 6.07) is 5.43. The molecule has 1 aromatic rings. The SMILES string of the molecule is C[C@H](NC1CC(=O)NC1=O)c1ccc(F)cc1. The van der Waals surface area contributed by atoms with Crippen LogP contribution in [-0.2, 0) is 9.59 Å². The third-order valence-electron chi connectivity index (χ3n) is 2.79. The summed E-state index contributed by atoms with van der Waals surface area (Å²) in [6.45, 7) is 1.86. The number of hydrogen-bond acceptors (Lipinski definition) is 3. The fourth-order valence-corrected chi connectivity index (χ4v) is 1.84. The second-order valence-corrected chi connectivity index (χ2v) is 4.11. The quantitative estimate of drug-likeness (QED) is 0.766. The lowest BCUT2D eigenvalue weighted by Gasteiger charge is -2.17. The van der Waals surface area contributed by atoms with Crippen molar-refractivity contribution in [2.45, 2.75) is 25.4 Å². The zero-order chi connectivity index (χ0) is 12.4. The molecule has 0 spiro atoms. The van der Waals surface area contributed by atoms with Crippen molar-refractivity contribution in [3.05, 3.63) is 35.6 Å². The van der Waals surface area contributed by atoms with Gasteiger partial charge in [-0.1, -0.05) is 12.1 Å². The molecule has 2 atom stereocenters. The van der Waals surface area contributed by atoms with Gasteiger partial charge in [0.2, 0.25) is 11.8 Å². The summed E-state index contributed by atoms with van der Waals surface area (Å²) in [7, 11) is 0. The Morgan fingerprint density at radius 2 is 2.00 bits per heavy atom. The summed E-state index contributed by atoms with van der Waals surface area (Å²) < 4.78 is 12.7. The maximum absolute atomic E-state index is 12.7. The highest BCUT2D eigenvalue weighted by atomic mass is 19.1. The van der Waals surface area contributed by atoms with Gasteiger partial charge in [0.15, 0.2) is 0 Å². The fraction of sp³-hybridized carbons (Fsp3) is 0.333. The number of imide groups is 1. The van der Waals surface area contributed by atoms with Gasteiger partial charge in [-0.25, -0.2) is 4.39 Å². The number of carbonyl (C=O) groups is 2. The minimum atomic E-state index is -0.498. The molecule has 1 aliphatic heterocycles. The lowest BCUT2D eigenvalue weighted by molar-refractivity contribution is -0.125. The van der Waals surface area contributed by atoms with Crippen LogP contribution in [0, 0.1) is 5.82 Å². The third kappa shape index (κ3) is 2.68. The first-order chi connectivity index (χ1) is 8.06. The summed E-state index contributed by atoms with van der Waals surface area (Å²) >= 11 is 0. The molecule has 0 bridgehead atoms. The van der Waals surface area contributed by atoms with Crippen LogP contribution < -0.4 is 10.6 Å². The first-order valence-electron chi connectivity index (χ1n) is 5.41. The standard InChI is InChI=1S/C12H13FN2O2/c1-7(8-2-4-9(13)5-3-8)14-10-6-11(16)15-12(10)17/h2-5,7,10,14H,6H2,1H3,(H,15,16,17)/t7-,10?/m0/s1. The molecular weight excluding hydrogens is 223 g/mol. The van der Waals surface area contributed by atoms with Gasteiger partial charge >= 0.3 is 0 Å². The van der Waals surface area contributed by atoms with Crippen molar-refractivity contribution in [3.63, 3.8) is 0 Å². The van der Waals surface area contributed by atoms with Gasteiger partial charge in [-0.3, -0.25) is 20.2 Å². The molecule has 1 saturated heterocycles. The first kappa shape index (κ1) is 11.7. The zero-order valence-corrected chi connectivity index (χ0v) is 9.37. The van der Waals surface area contributed by atoms with Crippen LogP contribution in [0.5, 0.6) is 0 Å². The third-order valence-corrected chi connectivity index (χ3v) is 2.79. The molecule has 0 saturated carbocycles. The minimum Gasteiger partial charge on any atom is -0.299 e. The molecule has 2 amide bonds. The summed E-state index contributed by atoms with van der Waals surface area (Å²) in [5.41, 5.74) is 0.874. The van der Waals surface area contributed by atoms with Crippen LogP contribution in [0.2, 0.25) is 0 Å². The van der Waals surface area contributed by atoms with Crippen molar-refractivity contribution < 1.29 is 14.0 Å². The highest BCUT2D eigenvalue weighted by Crippen LogP contribution is 2.15. The van der Waals surface area contributed by atoms with E-state index < -0.39 is 6.04 Å². The molecule has 1 heterocycles. The Bertz CT molecular complexity index is 444. The number of nitrogens with one attached hydrogen (secondary N) is 2. The van der Waals surface area contributed by atoms with Crippen LogP contribution in [0.1, 0.15) is 24.9 Å². The topological polar surface area (TPSA) is 58.2 Å². The van der Waals surface area contributed by atoms with Gasteiger partial charge in [-0.05, 0) is 24.6 Å². The van der Waals surface area contributed by atoms with Crippen LogP contribution in [0.3, 0.4) is 0 Å². The Labute approximate surface area is 98.2 Å². The Morgan fingerprint density at radius 1 is 1.35 bits per heavy atom. The normalized spacial score (nSPS) is 21.4. The van der Waals surface area contributed by atoms with Crippen molar-refractivity contribution in [2.75, 3.05) is 0 Å². The van der Waals surface area contributed by atoms with E-state index in [4.69, 9.17) is 0 Å². The van der Waals surface area contributed by atoms with Crippen LogP contribution >= 0.6 is 0 Å². The smallest absolute Gasteiger partial charge is 0.244 e. The average molecular weight is 236 g/mol. The highest BCUT2D eigenvalue weighted by molar-refractivity contribution is 6.05. The molecule has 1 fully saturated rings. The van der Waals surface area contributed by atoms with Crippen LogP contribution in [0.25, 0.3) is 0 Å². The van der Waals surface area contributed by atoms with Crippen LogP contribution in [-0.4, -0.2) is 17.9 Å². The Morgan fingerprint density at radius 3 is 2.53 bits per heavy atom. The van der Waals surface area contributed by atoms with E-state index in [0.717, 1.165) is 5.56 Å². The van der Waals surface area contributed by atoms with Gasteiger partial charge in [0, 0.05) is 6.04 Å². The number of benzene rings is 1. The maximum atomic E-state index is 12.7. The molecule has 1 unspecified atom stereocenters. The van der Waals surface area contributed by atoms with Gasteiger partial charge in [0.25, 0.3) is 0 Å². The largest absolute Gasteiger partial charge is 0.299 e. The highest BCUT2D eigenvalue weighted by Gasteiger charge is 2.31. The second-order valence-electron chi connectivity index (χ2n) is 4.11. The van der Waals surface area contributed by atoms with Gasteiger partial charge < -0.3 is 0 Å². The molecule has 2 rings (SSSR count). The predicted molar refractivity (Wildman–Crippen MR) is 59.5 cm³/mol. The van der Waals surface area contributed by atoms with Gasteiger partial charge in [0.1, 0.15) is 5.82 Å². The molecule has 5 heteroatoms. The Balaban J connectivity index is 2.01. The van der Waals surface area contributed by atoms with E-state index in [9.17, 15) is 14.0 Å². The molecule has 2 N–H and O–H groups in total. The van der Waals surface area contributed by atoms with Crippen LogP contribution in [0.4, 0.5) is 4.39 Å². The molecular formula is C12H13FN2O2. The number of carbonyl (C=O) groups excluding carboxylic acids is 2. The van der Waals surface area contributed by atoms with Crippen molar-refractivity contribution in [2.24, 2.45) is 0 Å². The summed E-state index contributed by atoms with van der Waals surface area (Å²) in [5, 5.41) is 5.27. The molecule has 0 aromatic heterocycles. The van der Waals surface area contributed by atoms with Crippen molar-refractivity contribution in [1.29, 1.82) is 0 Å². The number of halogens is 1. The van der Waals surface area contributed by atoms with Gasteiger partial charge in [-0.2, -0.15) is 0 Å². The van der Waals surface area contributed by atoms with E-state index >= 15 is 0 Å². The van der Waals surface area contributed by atoms with E-state index in [2.05, 4.69) is 10.6 Å². The molecule has 17 heavy (non-hydrogen) atoms. The fourth-order valence-electron chi connectivity index (χ4n) is 1.84. The van der Waals surface area contributed by atoms with Gasteiger partial charge in [-0.15, -0.1) is 0 Å². The van der Waals surface area contributed by atoms with Gasteiger partial charge in [0.05, 0.1) is 12.5 Å². The molecule has 90 valence electrons. The molecule has 1 aromatic carbocycles. The summed E-state index contributed by atoms with van der Waals surface area (Å²) in [5.74, 6) is -0.863. The number of amides is 2. The van der Waals surface area contributed by atoms with Crippen molar-refractivity contribution in [1.82, 2.24) is 10.6 Å². The lowest BCUT2D eigenvalue weighted by atomic mass is 10.1. The summed E-state index contributed by atoms with van der Waals surface area (Å²) in [6.07, 6.45) is 0.157. The van der Waals surface area contributed by atoms with E-state index in [1.54, 1.807) is 12.1 Å². The van der Waals surface area contributed by atoms with Crippen molar-refractivity contribution >= 4 is 11.8 Å².